The Morgan fingerprint density at radius 1 is 1.16 bits per heavy atom. The molecule has 0 radical (unpaired) electrons. The molecule has 1 aromatic rings. The average Bonchev–Trinajstić information content (AvgIpc) is 2.35. The molecule has 106 valence electrons. The molecule has 0 saturated carbocycles. The van der Waals surface area contributed by atoms with Crippen molar-refractivity contribution >= 4 is 5.78 Å². The molecule has 0 aliphatic heterocycles. The summed E-state index contributed by atoms with van der Waals surface area (Å²) in [4.78, 5) is 12.2. The molecule has 0 spiro atoms. The summed E-state index contributed by atoms with van der Waals surface area (Å²) >= 11 is 0. The Balaban J connectivity index is 2.63. The zero-order valence-electron chi connectivity index (χ0n) is 13.1. The second-order valence-electron chi connectivity index (χ2n) is 6.69. The number of unbranched alkanes of at least 4 members (excludes halogenated alkanes) is 1. The Morgan fingerprint density at radius 3 is 2.21 bits per heavy atom. The molecule has 1 aromatic carbocycles. The molecule has 1 rings (SSSR count). The van der Waals surface area contributed by atoms with Gasteiger partial charge < -0.3 is 0 Å². The number of hydrogen-bond acceptors (Lipinski definition) is 1. The van der Waals surface area contributed by atoms with Crippen LogP contribution in [0.1, 0.15) is 69.8 Å². The lowest BCUT2D eigenvalue weighted by Crippen LogP contribution is -2.20. The highest BCUT2D eigenvalue weighted by Gasteiger charge is 2.22. The zero-order valence-corrected chi connectivity index (χ0v) is 13.1. The molecule has 0 heterocycles. The van der Waals surface area contributed by atoms with Crippen LogP contribution in [-0.2, 0) is 6.42 Å². The molecular weight excluding hydrogens is 232 g/mol. The van der Waals surface area contributed by atoms with Crippen LogP contribution in [0.2, 0.25) is 0 Å². The van der Waals surface area contributed by atoms with E-state index in [1.54, 1.807) is 0 Å². The predicted molar refractivity (Wildman–Crippen MR) is 82.6 cm³/mol. The molecule has 1 unspecified atom stereocenters. The van der Waals surface area contributed by atoms with Gasteiger partial charge in [-0.2, -0.15) is 0 Å². The summed E-state index contributed by atoms with van der Waals surface area (Å²) in [6, 6.07) is 8.18. The van der Waals surface area contributed by atoms with E-state index in [0.29, 0.717) is 12.3 Å². The average molecular weight is 260 g/mol. The number of rotatable bonds is 6. The SMILES string of the molecule is CCCCc1ccc(C(=O)CC(C)C(C)(C)C)cc1. The van der Waals surface area contributed by atoms with Crippen molar-refractivity contribution in [2.75, 3.05) is 0 Å². The molecule has 0 aliphatic rings. The summed E-state index contributed by atoms with van der Waals surface area (Å²) < 4.78 is 0. The van der Waals surface area contributed by atoms with Gasteiger partial charge in [0, 0.05) is 12.0 Å². The van der Waals surface area contributed by atoms with E-state index in [0.717, 1.165) is 12.0 Å². The smallest absolute Gasteiger partial charge is 0.163 e. The quantitative estimate of drug-likeness (QED) is 0.636. The monoisotopic (exact) mass is 260 g/mol. The predicted octanol–water partition coefficient (Wildman–Crippen LogP) is 5.28. The minimum Gasteiger partial charge on any atom is -0.294 e. The molecule has 0 N–H and O–H groups in total. The summed E-state index contributed by atoms with van der Waals surface area (Å²) in [6.07, 6.45) is 4.18. The maximum Gasteiger partial charge on any atom is 0.163 e. The lowest BCUT2D eigenvalue weighted by atomic mass is 9.78. The molecule has 0 aromatic heterocycles. The molecule has 1 nitrogen and oxygen atoms in total. The Kier molecular flexibility index (Phi) is 5.78. The van der Waals surface area contributed by atoms with Crippen LogP contribution in [0.5, 0.6) is 0 Å². The third-order valence-electron chi connectivity index (χ3n) is 4.06. The molecule has 0 aliphatic carbocycles. The van der Waals surface area contributed by atoms with E-state index in [-0.39, 0.29) is 11.2 Å². The van der Waals surface area contributed by atoms with Gasteiger partial charge >= 0.3 is 0 Å². The summed E-state index contributed by atoms with van der Waals surface area (Å²) in [7, 11) is 0. The fraction of sp³-hybridized carbons (Fsp3) is 0.611. The van der Waals surface area contributed by atoms with E-state index in [1.165, 1.54) is 18.4 Å². The van der Waals surface area contributed by atoms with Crippen LogP contribution < -0.4 is 0 Å². The fourth-order valence-corrected chi connectivity index (χ4v) is 1.94. The second kappa shape index (κ2) is 6.88. The van der Waals surface area contributed by atoms with Gasteiger partial charge in [-0.15, -0.1) is 0 Å². The molecular formula is C18H28O. The summed E-state index contributed by atoms with van der Waals surface area (Å²) in [6.45, 7) is 10.9. The standard InChI is InChI=1S/C18H28O/c1-6-7-8-15-9-11-16(12-10-15)17(19)13-14(2)18(3,4)5/h9-12,14H,6-8,13H2,1-5H3. The van der Waals surface area contributed by atoms with Crippen molar-refractivity contribution in [1.29, 1.82) is 0 Å². The first-order valence-electron chi connectivity index (χ1n) is 7.46. The van der Waals surface area contributed by atoms with Crippen LogP contribution in [0, 0.1) is 11.3 Å². The number of carbonyl (C=O) groups is 1. The van der Waals surface area contributed by atoms with Crippen LogP contribution in [0.3, 0.4) is 0 Å². The van der Waals surface area contributed by atoms with E-state index in [1.807, 2.05) is 12.1 Å². The van der Waals surface area contributed by atoms with E-state index < -0.39 is 0 Å². The Morgan fingerprint density at radius 2 is 1.74 bits per heavy atom. The van der Waals surface area contributed by atoms with Crippen molar-refractivity contribution in [2.24, 2.45) is 11.3 Å². The van der Waals surface area contributed by atoms with Crippen LogP contribution in [0.4, 0.5) is 0 Å². The molecule has 0 fully saturated rings. The van der Waals surface area contributed by atoms with Gasteiger partial charge in [-0.1, -0.05) is 65.3 Å². The number of ketones is 1. The summed E-state index contributed by atoms with van der Waals surface area (Å²) in [5.74, 6) is 0.671. The van der Waals surface area contributed by atoms with Crippen molar-refractivity contribution < 1.29 is 4.79 Å². The molecule has 0 bridgehead atoms. The summed E-state index contributed by atoms with van der Waals surface area (Å²) in [5.41, 5.74) is 2.38. The van der Waals surface area contributed by atoms with Gasteiger partial charge in [-0.25, -0.2) is 0 Å². The van der Waals surface area contributed by atoms with Gasteiger partial charge in [0.1, 0.15) is 0 Å². The Hall–Kier alpha value is -1.11. The van der Waals surface area contributed by atoms with Crippen molar-refractivity contribution in [3.8, 4) is 0 Å². The lowest BCUT2D eigenvalue weighted by molar-refractivity contribution is 0.0927. The zero-order chi connectivity index (χ0) is 14.5. The second-order valence-corrected chi connectivity index (χ2v) is 6.69. The molecule has 1 heteroatoms. The Labute approximate surface area is 118 Å². The maximum absolute atomic E-state index is 12.2. The lowest BCUT2D eigenvalue weighted by Gasteiger charge is -2.26. The number of Topliss-reactive ketones (excluding diaryl/α,β-unsaturated/α-hetero) is 1. The van der Waals surface area contributed by atoms with Gasteiger partial charge in [-0.3, -0.25) is 4.79 Å². The fourth-order valence-electron chi connectivity index (χ4n) is 1.94. The number of carbonyl (C=O) groups excluding carboxylic acids is 1. The van der Waals surface area contributed by atoms with Gasteiger partial charge in [0.2, 0.25) is 0 Å². The molecule has 1 atom stereocenters. The first kappa shape index (κ1) is 15.9. The van der Waals surface area contributed by atoms with Gasteiger partial charge in [0.25, 0.3) is 0 Å². The van der Waals surface area contributed by atoms with Gasteiger partial charge in [0.15, 0.2) is 5.78 Å². The normalized spacial score (nSPS) is 13.3. The first-order valence-corrected chi connectivity index (χ1v) is 7.46. The minimum atomic E-state index is 0.191. The van der Waals surface area contributed by atoms with Gasteiger partial charge in [0.05, 0.1) is 0 Å². The third kappa shape index (κ3) is 5.18. The highest BCUT2D eigenvalue weighted by molar-refractivity contribution is 5.96. The first-order chi connectivity index (χ1) is 8.84. The Bertz CT molecular complexity index is 395. The van der Waals surface area contributed by atoms with Gasteiger partial charge in [-0.05, 0) is 29.7 Å². The van der Waals surface area contributed by atoms with E-state index in [9.17, 15) is 4.79 Å². The third-order valence-corrected chi connectivity index (χ3v) is 4.06. The van der Waals surface area contributed by atoms with Crippen molar-refractivity contribution in [3.63, 3.8) is 0 Å². The number of aryl methyl sites for hydroxylation is 1. The summed E-state index contributed by atoms with van der Waals surface area (Å²) in [5, 5.41) is 0. The number of hydrogen-bond donors (Lipinski definition) is 0. The van der Waals surface area contributed by atoms with E-state index in [4.69, 9.17) is 0 Å². The molecule has 0 amide bonds. The highest BCUT2D eigenvalue weighted by atomic mass is 16.1. The van der Waals surface area contributed by atoms with Crippen LogP contribution in [0.15, 0.2) is 24.3 Å². The van der Waals surface area contributed by atoms with Crippen molar-refractivity contribution in [1.82, 2.24) is 0 Å². The van der Waals surface area contributed by atoms with Crippen LogP contribution >= 0.6 is 0 Å². The van der Waals surface area contributed by atoms with Crippen molar-refractivity contribution in [2.45, 2.75) is 60.3 Å². The number of benzene rings is 1. The topological polar surface area (TPSA) is 17.1 Å². The van der Waals surface area contributed by atoms with E-state index >= 15 is 0 Å². The van der Waals surface area contributed by atoms with E-state index in [2.05, 4.69) is 46.8 Å². The highest BCUT2D eigenvalue weighted by Crippen LogP contribution is 2.29. The molecule has 0 saturated heterocycles. The van der Waals surface area contributed by atoms with Crippen molar-refractivity contribution in [3.05, 3.63) is 35.4 Å². The minimum absolute atomic E-state index is 0.191. The molecule has 19 heavy (non-hydrogen) atoms. The van der Waals surface area contributed by atoms with Crippen LogP contribution in [-0.4, -0.2) is 5.78 Å². The van der Waals surface area contributed by atoms with Crippen LogP contribution in [0.25, 0.3) is 0 Å². The largest absolute Gasteiger partial charge is 0.294 e. The maximum atomic E-state index is 12.2.